The maximum absolute atomic E-state index is 12.1. The van der Waals surface area contributed by atoms with Crippen LogP contribution in [-0.2, 0) is 4.74 Å². The molecule has 8 heteroatoms. The molecule has 2 atom stereocenters. The van der Waals surface area contributed by atoms with Crippen LogP contribution in [0.4, 0.5) is 15.6 Å². The molecular weight excluding hydrogens is 376 g/mol. The first-order valence-electron chi connectivity index (χ1n) is 9.59. The van der Waals surface area contributed by atoms with Crippen LogP contribution in [0.3, 0.4) is 0 Å². The summed E-state index contributed by atoms with van der Waals surface area (Å²) in [5.41, 5.74) is 1.11. The zero-order valence-electron chi connectivity index (χ0n) is 15.9. The summed E-state index contributed by atoms with van der Waals surface area (Å²) in [6.45, 7) is 3.20. The summed E-state index contributed by atoms with van der Waals surface area (Å²) in [5, 5.41) is 10.6. The summed E-state index contributed by atoms with van der Waals surface area (Å²) in [5.74, 6) is 0.355. The van der Waals surface area contributed by atoms with Gasteiger partial charge in [-0.3, -0.25) is 10.1 Å². The first-order chi connectivity index (χ1) is 13.6. The molecule has 28 heavy (non-hydrogen) atoms. The van der Waals surface area contributed by atoms with Crippen LogP contribution in [0.5, 0.6) is 0 Å². The minimum atomic E-state index is -0.291. The van der Waals surface area contributed by atoms with E-state index in [1.165, 1.54) is 30.6 Å². The Morgan fingerprint density at radius 3 is 2.68 bits per heavy atom. The normalized spacial score (nSPS) is 19.0. The number of hydrogen-bond acceptors (Lipinski definition) is 5. The van der Waals surface area contributed by atoms with Gasteiger partial charge in [0.25, 0.3) is 5.91 Å². The summed E-state index contributed by atoms with van der Waals surface area (Å²) in [6, 6.07) is 6.41. The third-order valence-corrected chi connectivity index (χ3v) is 5.50. The topological polar surface area (TPSA) is 92.4 Å². The molecule has 3 rings (SSSR count). The third-order valence-electron chi connectivity index (χ3n) is 4.81. The average Bonchev–Trinajstić information content (AvgIpc) is 3.20. The largest absolute Gasteiger partial charge is 0.376 e. The van der Waals surface area contributed by atoms with Crippen LogP contribution < -0.4 is 16.0 Å². The number of thiazole rings is 1. The van der Waals surface area contributed by atoms with Gasteiger partial charge in [0.2, 0.25) is 0 Å². The lowest BCUT2D eigenvalue weighted by atomic mass is 9.88. The Labute approximate surface area is 168 Å². The highest BCUT2D eigenvalue weighted by atomic mass is 32.1. The second-order valence-corrected chi connectivity index (χ2v) is 7.82. The van der Waals surface area contributed by atoms with Crippen molar-refractivity contribution in [1.29, 1.82) is 0 Å². The van der Waals surface area contributed by atoms with E-state index in [0.29, 0.717) is 41.6 Å². The van der Waals surface area contributed by atoms with Gasteiger partial charge in [0, 0.05) is 29.4 Å². The molecule has 3 N–H and O–H groups in total. The van der Waals surface area contributed by atoms with Gasteiger partial charge in [-0.1, -0.05) is 19.8 Å². The number of nitrogens with one attached hydrogen (secondary N) is 3. The highest BCUT2D eigenvalue weighted by Gasteiger charge is 2.21. The molecule has 7 nitrogen and oxygen atoms in total. The van der Waals surface area contributed by atoms with E-state index in [1.807, 2.05) is 0 Å². The Kier molecular flexibility index (Phi) is 7.39. The van der Waals surface area contributed by atoms with Gasteiger partial charge < -0.3 is 15.4 Å². The smallest absolute Gasteiger partial charge is 0.319 e. The van der Waals surface area contributed by atoms with Crippen molar-refractivity contribution >= 4 is 34.1 Å². The molecule has 0 bridgehead atoms. The Hall–Kier alpha value is -2.45. The molecule has 0 saturated heterocycles. The Morgan fingerprint density at radius 2 is 1.96 bits per heavy atom. The molecule has 1 aliphatic carbocycles. The lowest BCUT2D eigenvalue weighted by Crippen LogP contribution is -2.34. The van der Waals surface area contributed by atoms with Crippen molar-refractivity contribution in [3.8, 4) is 0 Å². The van der Waals surface area contributed by atoms with Gasteiger partial charge in [-0.05, 0) is 43.0 Å². The lowest BCUT2D eigenvalue weighted by molar-refractivity contribution is -0.00232. The summed E-state index contributed by atoms with van der Waals surface area (Å²) in [6.07, 6.45) is 6.77. The molecule has 3 amide bonds. The molecule has 150 valence electrons. The van der Waals surface area contributed by atoms with Gasteiger partial charge in [0.1, 0.15) is 0 Å². The van der Waals surface area contributed by atoms with E-state index >= 15 is 0 Å². The molecule has 1 fully saturated rings. The predicted molar refractivity (Wildman–Crippen MR) is 111 cm³/mol. The van der Waals surface area contributed by atoms with Gasteiger partial charge in [-0.2, -0.15) is 0 Å². The van der Waals surface area contributed by atoms with Crippen molar-refractivity contribution in [1.82, 2.24) is 10.3 Å². The van der Waals surface area contributed by atoms with Gasteiger partial charge in [0.05, 0.1) is 12.7 Å². The molecule has 0 spiro atoms. The number of benzene rings is 1. The fourth-order valence-electron chi connectivity index (χ4n) is 3.24. The summed E-state index contributed by atoms with van der Waals surface area (Å²) >= 11 is 1.36. The van der Waals surface area contributed by atoms with E-state index in [1.54, 1.807) is 35.8 Å². The van der Waals surface area contributed by atoms with Crippen molar-refractivity contribution in [3.05, 3.63) is 41.4 Å². The average molecular weight is 403 g/mol. The summed E-state index contributed by atoms with van der Waals surface area (Å²) in [7, 11) is 0. The first kappa shape index (κ1) is 20.3. The Morgan fingerprint density at radius 1 is 1.18 bits per heavy atom. The van der Waals surface area contributed by atoms with E-state index in [9.17, 15) is 9.59 Å². The maximum atomic E-state index is 12.1. The number of amides is 3. The number of urea groups is 1. The van der Waals surface area contributed by atoms with Gasteiger partial charge in [-0.25, -0.2) is 9.78 Å². The van der Waals surface area contributed by atoms with Crippen molar-refractivity contribution in [2.75, 3.05) is 23.8 Å². The molecule has 0 aliphatic heterocycles. The van der Waals surface area contributed by atoms with E-state index in [0.717, 1.165) is 6.42 Å². The molecule has 1 aromatic heterocycles. The standard InChI is InChI=1S/C20H26N4O3S/c1-14-4-2-3-5-17(14)27-12-10-21-19(26)23-16-8-6-15(7-9-16)18(25)24-20-22-11-13-28-20/h6-9,11,13-14,17H,2-5,10,12H2,1H3,(H2,21,23,26)(H,22,24,25)/t14-,17+/m1/s1. The number of nitrogens with zero attached hydrogens (tertiary/aromatic N) is 1. The Balaban J connectivity index is 1.37. The SMILES string of the molecule is C[C@@H]1CCCC[C@@H]1OCCNC(=O)Nc1ccc(C(=O)Nc2nccs2)cc1. The molecule has 1 aliphatic rings. The second-order valence-electron chi connectivity index (χ2n) is 6.92. The number of ether oxygens (including phenoxy) is 1. The number of rotatable bonds is 7. The van der Waals surface area contributed by atoms with Crippen LogP contribution in [0.2, 0.25) is 0 Å². The van der Waals surface area contributed by atoms with Gasteiger partial charge in [0.15, 0.2) is 5.13 Å². The number of carbonyl (C=O) groups is 2. The minimum absolute atomic E-state index is 0.236. The van der Waals surface area contributed by atoms with Crippen LogP contribution in [0, 0.1) is 5.92 Å². The molecular formula is C20H26N4O3S. The van der Waals surface area contributed by atoms with Crippen molar-refractivity contribution in [2.45, 2.75) is 38.7 Å². The van der Waals surface area contributed by atoms with Crippen molar-refractivity contribution in [2.24, 2.45) is 5.92 Å². The fourth-order valence-corrected chi connectivity index (χ4v) is 3.76. The fraction of sp³-hybridized carbons (Fsp3) is 0.450. The van der Waals surface area contributed by atoms with Crippen LogP contribution in [0.25, 0.3) is 0 Å². The van der Waals surface area contributed by atoms with Crippen molar-refractivity contribution < 1.29 is 14.3 Å². The van der Waals surface area contributed by atoms with E-state index in [-0.39, 0.29) is 11.9 Å². The van der Waals surface area contributed by atoms with Crippen molar-refractivity contribution in [3.63, 3.8) is 0 Å². The molecule has 1 saturated carbocycles. The monoisotopic (exact) mass is 402 g/mol. The molecule has 1 heterocycles. The number of anilines is 2. The molecule has 0 unspecified atom stereocenters. The number of hydrogen-bond donors (Lipinski definition) is 3. The third kappa shape index (κ3) is 6.03. The maximum Gasteiger partial charge on any atom is 0.319 e. The van der Waals surface area contributed by atoms with Crippen LogP contribution in [0.15, 0.2) is 35.8 Å². The van der Waals surface area contributed by atoms with Gasteiger partial charge >= 0.3 is 6.03 Å². The van der Waals surface area contributed by atoms with E-state index in [2.05, 4.69) is 27.9 Å². The van der Waals surface area contributed by atoms with E-state index < -0.39 is 0 Å². The summed E-state index contributed by atoms with van der Waals surface area (Å²) in [4.78, 5) is 28.1. The molecule has 2 aromatic rings. The zero-order valence-corrected chi connectivity index (χ0v) is 16.8. The first-order valence-corrected chi connectivity index (χ1v) is 10.5. The Bertz CT molecular complexity index is 764. The number of aromatic nitrogens is 1. The molecule has 1 aromatic carbocycles. The van der Waals surface area contributed by atoms with Crippen LogP contribution in [-0.4, -0.2) is 36.2 Å². The zero-order chi connectivity index (χ0) is 19.8. The lowest BCUT2D eigenvalue weighted by Gasteiger charge is -2.28. The minimum Gasteiger partial charge on any atom is -0.376 e. The van der Waals surface area contributed by atoms with E-state index in [4.69, 9.17) is 4.74 Å². The highest BCUT2D eigenvalue weighted by Crippen LogP contribution is 2.26. The number of carbonyl (C=O) groups excluding carboxylic acids is 2. The highest BCUT2D eigenvalue weighted by molar-refractivity contribution is 7.13. The quantitative estimate of drug-likeness (QED) is 0.608. The van der Waals surface area contributed by atoms with Crippen LogP contribution in [0.1, 0.15) is 43.0 Å². The van der Waals surface area contributed by atoms with Crippen LogP contribution >= 0.6 is 11.3 Å². The molecule has 0 radical (unpaired) electrons. The van der Waals surface area contributed by atoms with Gasteiger partial charge in [-0.15, -0.1) is 11.3 Å². The second kappa shape index (κ2) is 10.2. The predicted octanol–water partition coefficient (Wildman–Crippen LogP) is 4.11. The summed E-state index contributed by atoms with van der Waals surface area (Å²) < 4.78 is 5.89.